The number of nitrogens with zero attached hydrogens (tertiary/aromatic N) is 2. The Balaban J connectivity index is 2.38. The monoisotopic (exact) mass is 349 g/mol. The van der Waals surface area contributed by atoms with Crippen molar-refractivity contribution < 1.29 is 23.1 Å². The molecule has 25 heavy (non-hydrogen) atoms. The number of nitrogens with one attached hydrogen (secondary N) is 2. The first-order valence-corrected chi connectivity index (χ1v) is 6.82. The second-order valence-corrected chi connectivity index (χ2v) is 5.12. The lowest BCUT2D eigenvalue weighted by molar-refractivity contribution is -0.140. The Kier molecular flexibility index (Phi) is 3.67. The highest BCUT2D eigenvalue weighted by Gasteiger charge is 2.36. The van der Waals surface area contributed by atoms with Gasteiger partial charge in [-0.05, 0) is 18.2 Å². The van der Waals surface area contributed by atoms with E-state index in [2.05, 4.69) is 10.1 Å². The molecule has 10 heteroatoms. The number of aromatic amines is 1. The summed E-state index contributed by atoms with van der Waals surface area (Å²) in [6.45, 7) is 0. The topological polar surface area (TPSA) is 129 Å². The number of nitrogen functional groups attached to an aromatic ring is 1. The molecule has 0 amide bonds. The van der Waals surface area contributed by atoms with Gasteiger partial charge in [0.2, 0.25) is 0 Å². The van der Waals surface area contributed by atoms with Crippen molar-refractivity contribution >= 4 is 28.8 Å². The summed E-state index contributed by atoms with van der Waals surface area (Å²) in [5.74, 6) is -1.38. The van der Waals surface area contributed by atoms with Crippen molar-refractivity contribution in [2.24, 2.45) is 0 Å². The Bertz CT molecular complexity index is 1010. The molecule has 2 heterocycles. The molecule has 2 aromatic heterocycles. The fraction of sp³-hybridized carbons (Fsp3) is 0.0667. The number of alkyl halides is 3. The maximum absolute atomic E-state index is 13.1. The lowest BCUT2D eigenvalue weighted by atomic mass is 9.99. The molecule has 0 aliphatic heterocycles. The van der Waals surface area contributed by atoms with E-state index in [9.17, 15) is 23.1 Å². The highest BCUT2D eigenvalue weighted by Crippen LogP contribution is 2.36. The SMILES string of the molecule is N=Cc1c(N)ccc2nc(-c3cn[nH]c3C(F)(F)F)cc(C(=O)O)c12. The summed E-state index contributed by atoms with van der Waals surface area (Å²) in [6, 6.07) is 3.81. The van der Waals surface area contributed by atoms with E-state index in [1.807, 2.05) is 5.10 Å². The van der Waals surface area contributed by atoms with Crippen LogP contribution in [0.5, 0.6) is 0 Å². The van der Waals surface area contributed by atoms with Crippen molar-refractivity contribution in [3.8, 4) is 11.3 Å². The smallest absolute Gasteiger partial charge is 0.433 e. The number of carbonyl (C=O) groups is 1. The van der Waals surface area contributed by atoms with E-state index in [0.29, 0.717) is 0 Å². The number of hydrogen-bond acceptors (Lipinski definition) is 5. The number of aromatic carboxylic acids is 1. The Morgan fingerprint density at radius 1 is 1.36 bits per heavy atom. The average Bonchev–Trinajstić information content (AvgIpc) is 3.03. The van der Waals surface area contributed by atoms with Gasteiger partial charge in [0.25, 0.3) is 0 Å². The molecule has 0 spiro atoms. The number of benzene rings is 1. The third kappa shape index (κ3) is 2.67. The molecule has 1 aromatic carbocycles. The maximum Gasteiger partial charge on any atom is 0.433 e. The summed E-state index contributed by atoms with van der Waals surface area (Å²) in [6.07, 6.45) is -2.89. The van der Waals surface area contributed by atoms with Crippen LogP contribution in [0.4, 0.5) is 18.9 Å². The van der Waals surface area contributed by atoms with Crippen molar-refractivity contribution in [1.82, 2.24) is 15.2 Å². The van der Waals surface area contributed by atoms with Gasteiger partial charge >= 0.3 is 12.1 Å². The van der Waals surface area contributed by atoms with E-state index in [-0.39, 0.29) is 39.0 Å². The largest absolute Gasteiger partial charge is 0.478 e. The fourth-order valence-electron chi connectivity index (χ4n) is 2.53. The number of halogens is 3. The second kappa shape index (κ2) is 5.58. The first-order valence-electron chi connectivity index (χ1n) is 6.82. The maximum atomic E-state index is 13.1. The molecular weight excluding hydrogens is 339 g/mol. The molecule has 0 unspecified atom stereocenters. The number of carboxylic acid groups (broad SMARTS) is 1. The average molecular weight is 349 g/mol. The molecule has 0 aliphatic carbocycles. The number of anilines is 1. The van der Waals surface area contributed by atoms with Crippen LogP contribution in [-0.4, -0.2) is 32.5 Å². The van der Waals surface area contributed by atoms with Crippen LogP contribution in [0.25, 0.3) is 22.2 Å². The van der Waals surface area contributed by atoms with Crippen LogP contribution in [0.1, 0.15) is 21.6 Å². The third-order valence-electron chi connectivity index (χ3n) is 3.62. The molecule has 0 atom stereocenters. The molecule has 3 rings (SSSR count). The second-order valence-electron chi connectivity index (χ2n) is 5.12. The number of aromatic nitrogens is 3. The van der Waals surface area contributed by atoms with Crippen LogP contribution in [-0.2, 0) is 6.18 Å². The van der Waals surface area contributed by atoms with Crippen LogP contribution in [0, 0.1) is 5.41 Å². The molecule has 0 saturated heterocycles. The molecule has 0 radical (unpaired) electrons. The van der Waals surface area contributed by atoms with Crippen LogP contribution in [0.15, 0.2) is 24.4 Å². The van der Waals surface area contributed by atoms with Crippen molar-refractivity contribution in [1.29, 1.82) is 5.41 Å². The van der Waals surface area contributed by atoms with Crippen molar-refractivity contribution in [3.63, 3.8) is 0 Å². The summed E-state index contributed by atoms with van der Waals surface area (Å²) >= 11 is 0. The van der Waals surface area contributed by atoms with Gasteiger partial charge in [-0.2, -0.15) is 18.3 Å². The minimum Gasteiger partial charge on any atom is -0.478 e. The first-order chi connectivity index (χ1) is 11.7. The normalized spacial score (nSPS) is 11.6. The van der Waals surface area contributed by atoms with Gasteiger partial charge in [-0.3, -0.25) is 5.10 Å². The molecule has 0 aliphatic rings. The predicted molar refractivity (Wildman–Crippen MR) is 83.6 cm³/mol. The van der Waals surface area contributed by atoms with E-state index < -0.39 is 17.8 Å². The van der Waals surface area contributed by atoms with Gasteiger partial charge in [0.15, 0.2) is 0 Å². The van der Waals surface area contributed by atoms with Crippen molar-refractivity contribution in [3.05, 3.63) is 41.2 Å². The minimum absolute atomic E-state index is 0.0864. The standard InChI is InChI=1S/C15H10F3N5O2/c16-15(17,18)13-8(5-21-23-13)11-3-6(14(24)25)12-7(4-19)9(20)1-2-10(12)22-11/h1-5,19H,20H2,(H,21,23)(H,24,25). The van der Waals surface area contributed by atoms with Gasteiger partial charge in [-0.1, -0.05) is 0 Å². The van der Waals surface area contributed by atoms with Crippen molar-refractivity contribution in [2.45, 2.75) is 6.18 Å². The molecule has 0 fully saturated rings. The quantitative estimate of drug-likeness (QED) is 0.427. The molecular formula is C15H10F3N5O2. The third-order valence-corrected chi connectivity index (χ3v) is 3.62. The number of rotatable bonds is 3. The number of H-pyrrole nitrogens is 1. The van der Waals surface area contributed by atoms with Gasteiger partial charge in [0, 0.05) is 22.9 Å². The zero-order chi connectivity index (χ0) is 18.4. The van der Waals surface area contributed by atoms with Gasteiger partial charge in [-0.25, -0.2) is 9.78 Å². The van der Waals surface area contributed by atoms with Gasteiger partial charge in [0.1, 0.15) is 5.69 Å². The Morgan fingerprint density at radius 2 is 2.08 bits per heavy atom. The predicted octanol–water partition coefficient (Wildman–Crippen LogP) is 2.92. The van der Waals surface area contributed by atoms with E-state index in [0.717, 1.165) is 18.5 Å². The Morgan fingerprint density at radius 3 is 2.68 bits per heavy atom. The van der Waals surface area contributed by atoms with Gasteiger partial charge in [0.05, 0.1) is 28.5 Å². The van der Waals surface area contributed by atoms with Crippen LogP contribution in [0.2, 0.25) is 0 Å². The molecule has 128 valence electrons. The van der Waals surface area contributed by atoms with Gasteiger partial charge in [-0.15, -0.1) is 0 Å². The van der Waals surface area contributed by atoms with Crippen LogP contribution in [0.3, 0.4) is 0 Å². The summed E-state index contributed by atoms with van der Waals surface area (Å²) in [5.41, 5.74) is 4.15. The molecule has 3 aromatic rings. The zero-order valence-electron chi connectivity index (χ0n) is 12.3. The van der Waals surface area contributed by atoms with Gasteiger partial charge < -0.3 is 16.2 Å². The number of carboxylic acids is 1. The van der Waals surface area contributed by atoms with E-state index >= 15 is 0 Å². The summed E-state index contributed by atoms with van der Waals surface area (Å²) in [4.78, 5) is 15.7. The highest BCUT2D eigenvalue weighted by atomic mass is 19.4. The molecule has 0 bridgehead atoms. The van der Waals surface area contributed by atoms with E-state index in [4.69, 9.17) is 11.1 Å². The molecule has 7 nitrogen and oxygen atoms in total. The van der Waals surface area contributed by atoms with Crippen molar-refractivity contribution in [2.75, 3.05) is 5.73 Å². The van der Waals surface area contributed by atoms with Crippen LogP contribution < -0.4 is 5.73 Å². The number of fused-ring (bicyclic) bond motifs is 1. The van der Waals surface area contributed by atoms with E-state index in [1.54, 1.807) is 0 Å². The zero-order valence-corrected chi connectivity index (χ0v) is 12.3. The Hall–Kier alpha value is -3.43. The Labute approximate surface area is 137 Å². The number of pyridine rings is 1. The minimum atomic E-state index is -4.70. The first kappa shape index (κ1) is 16.4. The highest BCUT2D eigenvalue weighted by molar-refractivity contribution is 6.12. The number of nitrogens with two attached hydrogens (primary N) is 1. The lowest BCUT2D eigenvalue weighted by Crippen LogP contribution is -2.09. The summed E-state index contributed by atoms with van der Waals surface area (Å²) in [7, 11) is 0. The summed E-state index contributed by atoms with van der Waals surface area (Å²) in [5, 5.41) is 22.2. The molecule has 0 saturated carbocycles. The lowest BCUT2D eigenvalue weighted by Gasteiger charge is -2.12. The molecule has 5 N–H and O–H groups in total. The van der Waals surface area contributed by atoms with Crippen LogP contribution >= 0.6 is 0 Å². The summed E-state index contributed by atoms with van der Waals surface area (Å²) < 4.78 is 39.2. The number of hydrogen-bond donors (Lipinski definition) is 4. The van der Waals surface area contributed by atoms with E-state index in [1.165, 1.54) is 12.1 Å². The fourth-order valence-corrected chi connectivity index (χ4v) is 2.53.